The average molecular weight is 245 g/mol. The van der Waals surface area contributed by atoms with Gasteiger partial charge in [-0.1, -0.05) is 6.92 Å². The number of hydrogen-bond donors (Lipinski definition) is 2. The lowest BCUT2D eigenvalue weighted by Crippen LogP contribution is -2.31. The fourth-order valence-electron chi connectivity index (χ4n) is 2.17. The van der Waals surface area contributed by atoms with Crippen LogP contribution in [0.15, 0.2) is 18.5 Å². The van der Waals surface area contributed by atoms with E-state index in [0.717, 1.165) is 18.7 Å². The minimum Gasteiger partial charge on any atom is -0.271 e. The highest BCUT2D eigenvalue weighted by Crippen LogP contribution is 2.48. The molecule has 0 aliphatic heterocycles. The van der Waals surface area contributed by atoms with Crippen LogP contribution in [0.4, 0.5) is 13.2 Å². The summed E-state index contributed by atoms with van der Waals surface area (Å²) in [5.41, 5.74) is 1.96. The van der Waals surface area contributed by atoms with E-state index in [4.69, 9.17) is 5.84 Å². The molecule has 0 bridgehead atoms. The van der Waals surface area contributed by atoms with Crippen LogP contribution in [0.3, 0.4) is 0 Å². The Morgan fingerprint density at radius 1 is 1.53 bits per heavy atom. The fraction of sp³-hybridized carbons (Fsp3) is 0.545. The predicted octanol–water partition coefficient (Wildman–Crippen LogP) is 2.26. The average Bonchev–Trinajstić information content (AvgIpc) is 2.96. The topological polar surface area (TPSA) is 50.9 Å². The third kappa shape index (κ3) is 2.42. The zero-order valence-corrected chi connectivity index (χ0v) is 9.33. The number of pyridine rings is 1. The van der Waals surface area contributed by atoms with E-state index in [9.17, 15) is 13.2 Å². The second kappa shape index (κ2) is 4.27. The van der Waals surface area contributed by atoms with Crippen LogP contribution in [0.1, 0.15) is 30.5 Å². The number of hydrogen-bond acceptors (Lipinski definition) is 3. The standard InChI is InChI=1S/C11H14F3N3/c1-6-4-7(6)10(17-15)8-5-16-3-2-9(8)11(12,13)14/h2-3,5-7,10,17H,4,15H2,1H3. The first kappa shape index (κ1) is 12.3. The van der Waals surface area contributed by atoms with Crippen molar-refractivity contribution in [3.63, 3.8) is 0 Å². The monoisotopic (exact) mass is 245 g/mol. The molecule has 3 unspecified atom stereocenters. The highest BCUT2D eigenvalue weighted by molar-refractivity contribution is 5.30. The van der Waals surface area contributed by atoms with Crippen molar-refractivity contribution in [1.82, 2.24) is 10.4 Å². The molecular formula is C11H14F3N3. The van der Waals surface area contributed by atoms with Gasteiger partial charge in [0.15, 0.2) is 0 Å². The smallest absolute Gasteiger partial charge is 0.271 e. The minimum absolute atomic E-state index is 0.136. The molecule has 1 saturated carbocycles. The maximum Gasteiger partial charge on any atom is 0.416 e. The molecule has 6 heteroatoms. The summed E-state index contributed by atoms with van der Waals surface area (Å²) in [4.78, 5) is 3.77. The molecule has 3 atom stereocenters. The van der Waals surface area contributed by atoms with Crippen molar-refractivity contribution in [3.8, 4) is 0 Å². The predicted molar refractivity (Wildman–Crippen MR) is 56.6 cm³/mol. The molecule has 1 aliphatic carbocycles. The minimum atomic E-state index is -4.37. The van der Waals surface area contributed by atoms with Crippen molar-refractivity contribution in [2.24, 2.45) is 17.7 Å². The Morgan fingerprint density at radius 3 is 2.65 bits per heavy atom. The molecule has 94 valence electrons. The lowest BCUT2D eigenvalue weighted by atomic mass is 9.98. The lowest BCUT2D eigenvalue weighted by Gasteiger charge is -2.20. The van der Waals surface area contributed by atoms with Crippen LogP contribution in [0, 0.1) is 11.8 Å². The summed E-state index contributed by atoms with van der Waals surface area (Å²) in [7, 11) is 0. The van der Waals surface area contributed by atoms with Crippen LogP contribution in [-0.4, -0.2) is 4.98 Å². The summed E-state index contributed by atoms with van der Waals surface area (Å²) in [6.07, 6.45) is -1.08. The van der Waals surface area contributed by atoms with Crippen LogP contribution in [0.25, 0.3) is 0 Å². The summed E-state index contributed by atoms with van der Waals surface area (Å²) in [6, 6.07) is 0.516. The van der Waals surface area contributed by atoms with Gasteiger partial charge in [0, 0.05) is 18.0 Å². The highest BCUT2D eigenvalue weighted by atomic mass is 19.4. The number of alkyl halides is 3. The Bertz CT molecular complexity index is 405. The van der Waals surface area contributed by atoms with Crippen molar-refractivity contribution in [1.29, 1.82) is 0 Å². The summed E-state index contributed by atoms with van der Waals surface area (Å²) in [6.45, 7) is 2.00. The van der Waals surface area contributed by atoms with Gasteiger partial charge in [-0.2, -0.15) is 13.2 Å². The van der Waals surface area contributed by atoms with Crippen molar-refractivity contribution in [2.75, 3.05) is 0 Å². The number of aromatic nitrogens is 1. The van der Waals surface area contributed by atoms with Gasteiger partial charge in [0.25, 0.3) is 0 Å². The van der Waals surface area contributed by atoms with Crippen LogP contribution in [0.2, 0.25) is 0 Å². The van der Waals surface area contributed by atoms with Gasteiger partial charge in [-0.05, 0) is 24.3 Å². The van der Waals surface area contributed by atoms with Gasteiger partial charge < -0.3 is 0 Å². The molecule has 1 aliphatic rings. The maximum absolute atomic E-state index is 12.8. The zero-order valence-electron chi connectivity index (χ0n) is 9.33. The Balaban J connectivity index is 2.36. The molecule has 3 N–H and O–H groups in total. The van der Waals surface area contributed by atoms with Crippen molar-refractivity contribution in [3.05, 3.63) is 29.6 Å². The molecular weight excluding hydrogens is 231 g/mol. The first-order chi connectivity index (χ1) is 7.95. The molecule has 1 aromatic heterocycles. The number of halogens is 3. The Morgan fingerprint density at radius 2 is 2.18 bits per heavy atom. The first-order valence-corrected chi connectivity index (χ1v) is 5.42. The van der Waals surface area contributed by atoms with E-state index >= 15 is 0 Å². The van der Waals surface area contributed by atoms with E-state index in [1.165, 1.54) is 6.20 Å². The Kier molecular flexibility index (Phi) is 3.09. The number of hydrazine groups is 1. The van der Waals surface area contributed by atoms with E-state index < -0.39 is 17.8 Å². The normalized spacial score (nSPS) is 25.7. The summed E-state index contributed by atoms with van der Waals surface area (Å²) < 4.78 is 38.5. The van der Waals surface area contributed by atoms with E-state index in [1.54, 1.807) is 0 Å². The zero-order chi connectivity index (χ0) is 12.6. The third-order valence-corrected chi connectivity index (χ3v) is 3.27. The SMILES string of the molecule is CC1CC1C(NN)c1cnccc1C(F)(F)F. The third-order valence-electron chi connectivity index (χ3n) is 3.27. The molecule has 2 rings (SSSR count). The second-order valence-electron chi connectivity index (χ2n) is 4.48. The molecule has 0 saturated heterocycles. The van der Waals surface area contributed by atoms with Crippen molar-refractivity contribution < 1.29 is 13.2 Å². The quantitative estimate of drug-likeness (QED) is 0.634. The molecule has 0 radical (unpaired) electrons. The largest absolute Gasteiger partial charge is 0.416 e. The first-order valence-electron chi connectivity index (χ1n) is 5.42. The molecule has 0 aromatic carbocycles. The number of nitrogens with two attached hydrogens (primary N) is 1. The summed E-state index contributed by atoms with van der Waals surface area (Å²) >= 11 is 0. The van der Waals surface area contributed by atoms with Gasteiger partial charge >= 0.3 is 6.18 Å². The van der Waals surface area contributed by atoms with Crippen LogP contribution in [-0.2, 0) is 6.18 Å². The molecule has 1 aromatic rings. The van der Waals surface area contributed by atoms with Gasteiger partial charge in [0.1, 0.15) is 0 Å². The Hall–Kier alpha value is -1.14. The lowest BCUT2D eigenvalue weighted by molar-refractivity contribution is -0.138. The fourth-order valence-corrected chi connectivity index (χ4v) is 2.17. The van der Waals surface area contributed by atoms with Crippen LogP contribution in [0.5, 0.6) is 0 Å². The second-order valence-corrected chi connectivity index (χ2v) is 4.48. The molecule has 17 heavy (non-hydrogen) atoms. The van der Waals surface area contributed by atoms with Gasteiger partial charge in [-0.25, -0.2) is 0 Å². The molecule has 0 spiro atoms. The molecule has 3 nitrogen and oxygen atoms in total. The number of nitrogens with one attached hydrogen (secondary N) is 1. The van der Waals surface area contributed by atoms with E-state index in [0.29, 0.717) is 5.92 Å². The van der Waals surface area contributed by atoms with E-state index in [2.05, 4.69) is 10.4 Å². The van der Waals surface area contributed by atoms with Crippen LogP contribution < -0.4 is 11.3 Å². The molecule has 0 amide bonds. The van der Waals surface area contributed by atoms with E-state index in [1.807, 2.05) is 6.92 Å². The Labute approximate surface area is 97.2 Å². The molecule has 1 fully saturated rings. The summed E-state index contributed by atoms with van der Waals surface area (Å²) in [5, 5.41) is 0. The van der Waals surface area contributed by atoms with Gasteiger partial charge in [0.2, 0.25) is 0 Å². The highest BCUT2D eigenvalue weighted by Gasteiger charge is 2.43. The van der Waals surface area contributed by atoms with Crippen molar-refractivity contribution >= 4 is 0 Å². The van der Waals surface area contributed by atoms with Gasteiger partial charge in [0.05, 0.1) is 11.6 Å². The number of rotatable bonds is 3. The summed E-state index contributed by atoms with van der Waals surface area (Å²) in [5.74, 6) is 5.93. The van der Waals surface area contributed by atoms with E-state index in [-0.39, 0.29) is 11.5 Å². The van der Waals surface area contributed by atoms with Crippen molar-refractivity contribution in [2.45, 2.75) is 25.6 Å². The number of nitrogens with zero attached hydrogens (tertiary/aromatic N) is 1. The van der Waals surface area contributed by atoms with Crippen LogP contribution >= 0.6 is 0 Å². The molecule has 1 heterocycles. The van der Waals surface area contributed by atoms with Gasteiger partial charge in [-0.3, -0.25) is 16.3 Å². The maximum atomic E-state index is 12.8. The van der Waals surface area contributed by atoms with Gasteiger partial charge in [-0.15, -0.1) is 0 Å².